The van der Waals surface area contributed by atoms with Gasteiger partial charge in [0.15, 0.2) is 0 Å². The highest BCUT2D eigenvalue weighted by atomic mass is 79.9. The molecule has 17 heavy (non-hydrogen) atoms. The van der Waals surface area contributed by atoms with Crippen LogP contribution in [0.4, 0.5) is 4.39 Å². The molecule has 0 saturated heterocycles. The average molecular weight is 300 g/mol. The number of halogens is 2. The fraction of sp³-hybridized carbons (Fsp3) is 0.571. The van der Waals surface area contributed by atoms with Crippen LogP contribution in [0, 0.1) is 11.7 Å². The second kappa shape index (κ2) is 5.96. The van der Waals surface area contributed by atoms with Crippen LogP contribution in [0.25, 0.3) is 0 Å². The van der Waals surface area contributed by atoms with Crippen molar-refractivity contribution in [3.63, 3.8) is 0 Å². The summed E-state index contributed by atoms with van der Waals surface area (Å²) in [4.78, 5) is 0. The third-order valence-corrected chi connectivity index (χ3v) is 4.53. The molecule has 0 aliphatic heterocycles. The molecule has 1 N–H and O–H groups in total. The van der Waals surface area contributed by atoms with Crippen molar-refractivity contribution in [3.05, 3.63) is 34.1 Å². The molecule has 1 aliphatic rings. The van der Waals surface area contributed by atoms with E-state index in [0.29, 0.717) is 16.4 Å². The Labute approximate surface area is 111 Å². The van der Waals surface area contributed by atoms with Gasteiger partial charge in [-0.3, -0.25) is 0 Å². The number of benzene rings is 1. The summed E-state index contributed by atoms with van der Waals surface area (Å²) in [5.74, 6) is 0.494. The van der Waals surface area contributed by atoms with Gasteiger partial charge in [0, 0.05) is 6.04 Å². The number of rotatable bonds is 4. The molecule has 0 amide bonds. The van der Waals surface area contributed by atoms with E-state index in [2.05, 4.69) is 28.2 Å². The molecule has 1 saturated carbocycles. The van der Waals surface area contributed by atoms with Crippen molar-refractivity contribution in [1.29, 1.82) is 0 Å². The first-order valence-electron chi connectivity index (χ1n) is 6.38. The standard InChI is InChI=1S/C14H19BrFN/c1-2-17-13-8-4-5-10(13)9-11-6-3-7-12(16)14(11)15/h3,6-7,10,13,17H,2,4-5,8-9H2,1H3. The van der Waals surface area contributed by atoms with Crippen molar-refractivity contribution in [1.82, 2.24) is 5.32 Å². The Kier molecular flexibility index (Phi) is 4.57. The molecule has 0 aromatic heterocycles. The van der Waals surface area contributed by atoms with Gasteiger partial charge in [-0.2, -0.15) is 0 Å². The molecule has 2 atom stereocenters. The van der Waals surface area contributed by atoms with Crippen molar-refractivity contribution in [2.24, 2.45) is 5.92 Å². The minimum atomic E-state index is -0.152. The van der Waals surface area contributed by atoms with Crippen LogP contribution in [0.3, 0.4) is 0 Å². The van der Waals surface area contributed by atoms with E-state index >= 15 is 0 Å². The molecule has 0 bridgehead atoms. The Morgan fingerprint density at radius 1 is 1.41 bits per heavy atom. The Morgan fingerprint density at radius 2 is 2.24 bits per heavy atom. The van der Waals surface area contributed by atoms with E-state index in [9.17, 15) is 4.39 Å². The molecule has 0 heterocycles. The first kappa shape index (κ1) is 13.0. The third kappa shape index (κ3) is 3.08. The molecule has 3 heteroatoms. The van der Waals surface area contributed by atoms with Gasteiger partial charge in [-0.15, -0.1) is 0 Å². The summed E-state index contributed by atoms with van der Waals surface area (Å²) in [6.45, 7) is 3.17. The van der Waals surface area contributed by atoms with Gasteiger partial charge in [0.25, 0.3) is 0 Å². The fourth-order valence-corrected chi connectivity index (χ4v) is 3.23. The summed E-state index contributed by atoms with van der Waals surface area (Å²) >= 11 is 3.35. The van der Waals surface area contributed by atoms with Crippen molar-refractivity contribution >= 4 is 15.9 Å². The lowest BCUT2D eigenvalue weighted by molar-refractivity contribution is 0.405. The van der Waals surface area contributed by atoms with E-state index in [-0.39, 0.29) is 5.82 Å². The van der Waals surface area contributed by atoms with E-state index in [1.54, 1.807) is 6.07 Å². The highest BCUT2D eigenvalue weighted by molar-refractivity contribution is 9.10. The van der Waals surface area contributed by atoms with Crippen LogP contribution in [-0.4, -0.2) is 12.6 Å². The lowest BCUT2D eigenvalue weighted by atomic mass is 9.94. The van der Waals surface area contributed by atoms with Gasteiger partial charge in [0.2, 0.25) is 0 Å². The SMILES string of the molecule is CCNC1CCCC1Cc1cccc(F)c1Br. The zero-order chi connectivity index (χ0) is 12.3. The van der Waals surface area contributed by atoms with Gasteiger partial charge in [-0.05, 0) is 59.3 Å². The predicted octanol–water partition coefficient (Wildman–Crippen LogP) is 3.91. The first-order chi connectivity index (χ1) is 8.22. The first-order valence-corrected chi connectivity index (χ1v) is 7.18. The summed E-state index contributed by atoms with van der Waals surface area (Å²) in [5.41, 5.74) is 1.10. The minimum absolute atomic E-state index is 0.152. The highest BCUT2D eigenvalue weighted by Gasteiger charge is 2.27. The van der Waals surface area contributed by atoms with E-state index in [1.165, 1.54) is 25.3 Å². The number of hydrogen-bond acceptors (Lipinski definition) is 1. The van der Waals surface area contributed by atoms with Crippen LogP contribution >= 0.6 is 15.9 Å². The van der Waals surface area contributed by atoms with Crippen LogP contribution in [0.2, 0.25) is 0 Å². The van der Waals surface area contributed by atoms with Crippen LogP contribution in [0.1, 0.15) is 31.7 Å². The van der Waals surface area contributed by atoms with Crippen LogP contribution in [0.5, 0.6) is 0 Å². The van der Waals surface area contributed by atoms with Gasteiger partial charge in [-0.25, -0.2) is 4.39 Å². The molecule has 1 aromatic rings. The smallest absolute Gasteiger partial charge is 0.137 e. The molecule has 94 valence electrons. The molecular weight excluding hydrogens is 281 g/mol. The summed E-state index contributed by atoms with van der Waals surface area (Å²) < 4.78 is 14.1. The minimum Gasteiger partial charge on any atom is -0.314 e. The Hall–Kier alpha value is -0.410. The molecule has 2 unspecified atom stereocenters. The summed E-state index contributed by atoms with van der Waals surface area (Å²) in [6, 6.07) is 5.93. The van der Waals surface area contributed by atoms with E-state index in [0.717, 1.165) is 18.5 Å². The van der Waals surface area contributed by atoms with Crippen molar-refractivity contribution < 1.29 is 4.39 Å². The Morgan fingerprint density at radius 3 is 3.00 bits per heavy atom. The molecule has 2 rings (SSSR count). The van der Waals surface area contributed by atoms with E-state index < -0.39 is 0 Å². The van der Waals surface area contributed by atoms with Gasteiger partial charge >= 0.3 is 0 Å². The van der Waals surface area contributed by atoms with Crippen molar-refractivity contribution in [2.45, 2.75) is 38.6 Å². The topological polar surface area (TPSA) is 12.0 Å². The molecular formula is C14H19BrFN. The molecule has 0 radical (unpaired) electrons. The lowest BCUT2D eigenvalue weighted by Crippen LogP contribution is -2.33. The average Bonchev–Trinajstić information content (AvgIpc) is 2.73. The molecule has 1 aromatic carbocycles. The maximum Gasteiger partial charge on any atom is 0.137 e. The fourth-order valence-electron chi connectivity index (χ4n) is 2.80. The Balaban J connectivity index is 2.07. The van der Waals surface area contributed by atoms with Gasteiger partial charge in [0.05, 0.1) is 4.47 Å². The molecule has 1 nitrogen and oxygen atoms in total. The summed E-state index contributed by atoms with van der Waals surface area (Å²) in [6.07, 6.45) is 4.76. The normalized spacial score (nSPS) is 24.2. The number of nitrogens with one attached hydrogen (secondary N) is 1. The van der Waals surface area contributed by atoms with E-state index in [1.807, 2.05) is 6.07 Å². The van der Waals surface area contributed by atoms with Crippen LogP contribution in [0.15, 0.2) is 22.7 Å². The highest BCUT2D eigenvalue weighted by Crippen LogP contribution is 2.31. The van der Waals surface area contributed by atoms with Crippen molar-refractivity contribution in [3.8, 4) is 0 Å². The zero-order valence-electron chi connectivity index (χ0n) is 10.2. The van der Waals surface area contributed by atoms with E-state index in [4.69, 9.17) is 0 Å². The van der Waals surface area contributed by atoms with Gasteiger partial charge in [-0.1, -0.05) is 25.5 Å². The molecule has 0 spiro atoms. The third-order valence-electron chi connectivity index (χ3n) is 3.64. The van der Waals surface area contributed by atoms with Crippen LogP contribution < -0.4 is 5.32 Å². The van der Waals surface area contributed by atoms with Gasteiger partial charge in [0.1, 0.15) is 5.82 Å². The number of hydrogen-bond donors (Lipinski definition) is 1. The Bertz CT molecular complexity index is 380. The largest absolute Gasteiger partial charge is 0.314 e. The van der Waals surface area contributed by atoms with Crippen LogP contribution in [-0.2, 0) is 6.42 Å². The zero-order valence-corrected chi connectivity index (χ0v) is 11.8. The van der Waals surface area contributed by atoms with Crippen molar-refractivity contribution in [2.75, 3.05) is 6.54 Å². The summed E-state index contributed by atoms with van der Waals surface area (Å²) in [7, 11) is 0. The second-order valence-corrected chi connectivity index (χ2v) is 5.57. The van der Waals surface area contributed by atoms with Gasteiger partial charge < -0.3 is 5.32 Å². The summed E-state index contributed by atoms with van der Waals surface area (Å²) in [5, 5.41) is 3.54. The molecule has 1 fully saturated rings. The maximum absolute atomic E-state index is 13.4. The maximum atomic E-state index is 13.4. The monoisotopic (exact) mass is 299 g/mol. The quantitative estimate of drug-likeness (QED) is 0.889. The predicted molar refractivity (Wildman–Crippen MR) is 72.6 cm³/mol. The molecule has 1 aliphatic carbocycles. The lowest BCUT2D eigenvalue weighted by Gasteiger charge is -2.21. The second-order valence-electron chi connectivity index (χ2n) is 4.77.